The van der Waals surface area contributed by atoms with Crippen molar-refractivity contribution >= 4 is 22.1 Å². The Balaban J connectivity index is 2.55. The molecule has 0 aliphatic carbocycles. The molecule has 82 valence electrons. The monoisotopic (exact) mass is 279 g/mol. The third-order valence-electron chi connectivity index (χ3n) is 2.30. The van der Waals surface area contributed by atoms with Crippen LogP contribution < -0.4 is 0 Å². The summed E-state index contributed by atoms with van der Waals surface area (Å²) in [5, 5.41) is 0. The van der Waals surface area contributed by atoms with Crippen molar-refractivity contribution in [2.24, 2.45) is 0 Å². The van der Waals surface area contributed by atoms with Gasteiger partial charge in [0.1, 0.15) is 5.69 Å². The molecule has 1 aromatic heterocycles. The molecule has 4 heteroatoms. The standard InChI is InChI=1S/C12H10BrNO2/c1-16-12(15)11-10(7-8-14(11)13)9-5-3-2-4-6-9/h2-8H,1H3. The maximum absolute atomic E-state index is 11.6. The molecular formula is C12H10BrNO2. The largest absolute Gasteiger partial charge is 0.464 e. The van der Waals surface area contributed by atoms with E-state index in [2.05, 4.69) is 16.1 Å². The number of hydrogen-bond acceptors (Lipinski definition) is 2. The molecule has 0 N–H and O–H groups in total. The van der Waals surface area contributed by atoms with Gasteiger partial charge in [-0.25, -0.2) is 4.79 Å². The topological polar surface area (TPSA) is 31.2 Å². The van der Waals surface area contributed by atoms with E-state index in [-0.39, 0.29) is 5.97 Å². The number of halogens is 1. The molecule has 16 heavy (non-hydrogen) atoms. The number of carbonyl (C=O) groups excluding carboxylic acids is 1. The normalized spacial score (nSPS) is 10.1. The molecule has 0 saturated carbocycles. The number of hydrogen-bond donors (Lipinski definition) is 0. The zero-order valence-electron chi connectivity index (χ0n) is 8.68. The van der Waals surface area contributed by atoms with Crippen LogP contribution in [0.2, 0.25) is 0 Å². The summed E-state index contributed by atoms with van der Waals surface area (Å²) in [6.45, 7) is 0. The van der Waals surface area contributed by atoms with E-state index in [1.807, 2.05) is 36.4 Å². The van der Waals surface area contributed by atoms with E-state index in [9.17, 15) is 4.79 Å². The summed E-state index contributed by atoms with van der Waals surface area (Å²) in [4.78, 5) is 11.6. The highest BCUT2D eigenvalue weighted by Gasteiger charge is 2.17. The first kappa shape index (κ1) is 11.0. The summed E-state index contributed by atoms with van der Waals surface area (Å²) >= 11 is 3.27. The van der Waals surface area contributed by atoms with Gasteiger partial charge in [-0.05, 0) is 11.6 Å². The Morgan fingerprint density at radius 2 is 1.94 bits per heavy atom. The summed E-state index contributed by atoms with van der Waals surface area (Å²) in [5.74, 6) is -0.360. The molecule has 3 nitrogen and oxygen atoms in total. The maximum atomic E-state index is 11.6. The third kappa shape index (κ3) is 1.88. The Hall–Kier alpha value is -1.55. The van der Waals surface area contributed by atoms with Crippen molar-refractivity contribution in [1.82, 2.24) is 3.59 Å². The van der Waals surface area contributed by atoms with Crippen LogP contribution in [-0.4, -0.2) is 16.7 Å². The number of nitrogens with zero attached hydrogens (tertiary/aromatic N) is 1. The lowest BCUT2D eigenvalue weighted by Crippen LogP contribution is -2.06. The van der Waals surface area contributed by atoms with Crippen LogP contribution in [0.5, 0.6) is 0 Å². The van der Waals surface area contributed by atoms with Crippen molar-refractivity contribution in [3.8, 4) is 11.1 Å². The quantitative estimate of drug-likeness (QED) is 0.791. The molecule has 1 aromatic carbocycles. The maximum Gasteiger partial charge on any atom is 0.356 e. The molecule has 0 amide bonds. The third-order valence-corrected chi connectivity index (χ3v) is 2.90. The number of esters is 1. The summed E-state index contributed by atoms with van der Waals surface area (Å²) < 4.78 is 6.33. The fraction of sp³-hybridized carbons (Fsp3) is 0.0833. The molecule has 0 spiro atoms. The molecule has 0 saturated heterocycles. The second-order valence-corrected chi connectivity index (χ2v) is 4.01. The Bertz CT molecular complexity index is 505. The average molecular weight is 280 g/mol. The van der Waals surface area contributed by atoms with Gasteiger partial charge in [-0.15, -0.1) is 0 Å². The molecule has 1 heterocycles. The minimum atomic E-state index is -0.360. The first-order valence-corrected chi connectivity index (χ1v) is 5.46. The van der Waals surface area contributed by atoms with Crippen LogP contribution in [0.3, 0.4) is 0 Å². The molecule has 0 aliphatic heterocycles. The lowest BCUT2D eigenvalue weighted by atomic mass is 10.1. The number of rotatable bonds is 2. The van der Waals surface area contributed by atoms with Crippen LogP contribution in [-0.2, 0) is 4.74 Å². The van der Waals surface area contributed by atoms with Crippen molar-refractivity contribution in [3.05, 3.63) is 48.3 Å². The molecule has 0 radical (unpaired) electrons. The molecule has 2 rings (SSSR count). The Kier molecular flexibility index (Phi) is 3.10. The van der Waals surface area contributed by atoms with Crippen LogP contribution >= 0.6 is 16.1 Å². The molecule has 0 bridgehead atoms. The zero-order valence-corrected chi connectivity index (χ0v) is 10.3. The van der Waals surface area contributed by atoms with Crippen molar-refractivity contribution in [2.45, 2.75) is 0 Å². The SMILES string of the molecule is COC(=O)c1c(-c2ccccc2)ccn1Br. The van der Waals surface area contributed by atoms with Gasteiger partial charge in [0.15, 0.2) is 0 Å². The number of aromatic nitrogens is 1. The predicted octanol–water partition coefficient (Wildman–Crippen LogP) is 3.10. The number of ether oxygens (including phenoxy) is 1. The van der Waals surface area contributed by atoms with Crippen LogP contribution in [0.25, 0.3) is 11.1 Å². The Morgan fingerprint density at radius 1 is 1.25 bits per heavy atom. The molecule has 0 unspecified atom stereocenters. The zero-order chi connectivity index (χ0) is 11.5. The van der Waals surface area contributed by atoms with Crippen LogP contribution in [0.1, 0.15) is 10.5 Å². The van der Waals surface area contributed by atoms with Gasteiger partial charge in [-0.1, -0.05) is 30.3 Å². The smallest absolute Gasteiger partial charge is 0.356 e. The molecule has 0 fully saturated rings. The number of methoxy groups -OCH3 is 1. The van der Waals surface area contributed by atoms with Crippen LogP contribution in [0.4, 0.5) is 0 Å². The summed E-state index contributed by atoms with van der Waals surface area (Å²) in [6, 6.07) is 11.6. The van der Waals surface area contributed by atoms with Crippen molar-refractivity contribution in [1.29, 1.82) is 0 Å². The highest BCUT2D eigenvalue weighted by atomic mass is 79.9. The summed E-state index contributed by atoms with van der Waals surface area (Å²) in [6.07, 6.45) is 1.77. The van der Waals surface area contributed by atoms with Crippen molar-refractivity contribution < 1.29 is 9.53 Å². The van der Waals surface area contributed by atoms with Gasteiger partial charge in [0.2, 0.25) is 0 Å². The van der Waals surface area contributed by atoms with Gasteiger partial charge < -0.3 is 4.74 Å². The van der Waals surface area contributed by atoms with Gasteiger partial charge in [0.25, 0.3) is 0 Å². The van der Waals surface area contributed by atoms with Crippen LogP contribution in [0.15, 0.2) is 42.6 Å². The van der Waals surface area contributed by atoms with E-state index in [0.29, 0.717) is 5.69 Å². The van der Waals surface area contributed by atoms with E-state index in [4.69, 9.17) is 4.74 Å². The highest BCUT2D eigenvalue weighted by molar-refractivity contribution is 9.08. The van der Waals surface area contributed by atoms with Crippen molar-refractivity contribution in [2.75, 3.05) is 7.11 Å². The summed E-state index contributed by atoms with van der Waals surface area (Å²) in [5.41, 5.74) is 2.33. The van der Waals surface area contributed by atoms with E-state index < -0.39 is 0 Å². The Morgan fingerprint density at radius 3 is 2.56 bits per heavy atom. The minimum Gasteiger partial charge on any atom is -0.464 e. The Labute approximate surface area is 102 Å². The van der Waals surface area contributed by atoms with Crippen molar-refractivity contribution in [3.63, 3.8) is 0 Å². The van der Waals surface area contributed by atoms with Gasteiger partial charge >= 0.3 is 5.97 Å². The summed E-state index contributed by atoms with van der Waals surface area (Å²) in [7, 11) is 1.37. The van der Waals surface area contributed by atoms with E-state index in [1.54, 1.807) is 9.79 Å². The molecule has 0 aliphatic rings. The fourth-order valence-corrected chi connectivity index (χ4v) is 2.01. The van der Waals surface area contributed by atoms with E-state index in [1.165, 1.54) is 7.11 Å². The second-order valence-electron chi connectivity index (χ2n) is 3.25. The molecule has 0 atom stereocenters. The van der Waals surface area contributed by atoms with Crippen LogP contribution in [0, 0.1) is 0 Å². The van der Waals surface area contributed by atoms with Gasteiger partial charge in [-0.3, -0.25) is 3.59 Å². The second kappa shape index (κ2) is 4.53. The molecule has 2 aromatic rings. The molecular weight excluding hydrogens is 270 g/mol. The first-order chi connectivity index (χ1) is 7.74. The number of benzene rings is 1. The lowest BCUT2D eigenvalue weighted by Gasteiger charge is -2.04. The lowest BCUT2D eigenvalue weighted by molar-refractivity contribution is 0.0594. The average Bonchev–Trinajstić information content (AvgIpc) is 2.71. The fourth-order valence-electron chi connectivity index (χ4n) is 1.55. The minimum absolute atomic E-state index is 0.360. The van der Waals surface area contributed by atoms with Gasteiger partial charge in [-0.2, -0.15) is 0 Å². The number of carbonyl (C=O) groups is 1. The van der Waals surface area contributed by atoms with Gasteiger partial charge in [0.05, 0.1) is 23.3 Å². The van der Waals surface area contributed by atoms with E-state index in [0.717, 1.165) is 11.1 Å². The predicted molar refractivity (Wildman–Crippen MR) is 65.5 cm³/mol. The first-order valence-electron chi connectivity index (χ1n) is 4.75. The van der Waals surface area contributed by atoms with E-state index >= 15 is 0 Å². The van der Waals surface area contributed by atoms with Gasteiger partial charge in [0, 0.05) is 11.8 Å². The highest BCUT2D eigenvalue weighted by Crippen LogP contribution is 2.26.